The SMILES string of the molecule is CN(C(=O)CCCc1c[nH]c2ccccc12)C1CNC1. The van der Waals surface area contributed by atoms with E-state index >= 15 is 0 Å². The Balaban J connectivity index is 1.53. The summed E-state index contributed by atoms with van der Waals surface area (Å²) < 4.78 is 0. The van der Waals surface area contributed by atoms with Gasteiger partial charge in [-0.15, -0.1) is 0 Å². The van der Waals surface area contributed by atoms with Crippen molar-refractivity contribution < 1.29 is 4.79 Å². The summed E-state index contributed by atoms with van der Waals surface area (Å²) >= 11 is 0. The Morgan fingerprint density at radius 3 is 2.90 bits per heavy atom. The highest BCUT2D eigenvalue weighted by Crippen LogP contribution is 2.19. The van der Waals surface area contributed by atoms with Crippen LogP contribution in [0.25, 0.3) is 10.9 Å². The van der Waals surface area contributed by atoms with Crippen molar-refractivity contribution in [2.24, 2.45) is 0 Å². The number of hydrogen-bond acceptors (Lipinski definition) is 2. The number of benzene rings is 1. The quantitative estimate of drug-likeness (QED) is 0.873. The van der Waals surface area contributed by atoms with Crippen molar-refractivity contribution in [1.82, 2.24) is 15.2 Å². The minimum absolute atomic E-state index is 0.261. The molecule has 4 nitrogen and oxygen atoms in total. The second-order valence-corrected chi connectivity index (χ2v) is 5.53. The minimum Gasteiger partial charge on any atom is -0.361 e. The summed E-state index contributed by atoms with van der Waals surface area (Å²) in [6, 6.07) is 8.71. The van der Waals surface area contributed by atoms with Gasteiger partial charge in [0.2, 0.25) is 5.91 Å². The van der Waals surface area contributed by atoms with Gasteiger partial charge in [0.05, 0.1) is 6.04 Å². The van der Waals surface area contributed by atoms with Crippen molar-refractivity contribution >= 4 is 16.8 Å². The first-order valence-electron chi connectivity index (χ1n) is 7.27. The van der Waals surface area contributed by atoms with Crippen LogP contribution in [-0.2, 0) is 11.2 Å². The first-order valence-corrected chi connectivity index (χ1v) is 7.27. The first-order chi connectivity index (χ1) is 9.75. The van der Waals surface area contributed by atoms with Crippen LogP contribution in [0.3, 0.4) is 0 Å². The highest BCUT2D eigenvalue weighted by atomic mass is 16.2. The highest BCUT2D eigenvalue weighted by Gasteiger charge is 2.24. The van der Waals surface area contributed by atoms with E-state index in [4.69, 9.17) is 0 Å². The highest BCUT2D eigenvalue weighted by molar-refractivity contribution is 5.83. The molecule has 3 rings (SSSR count). The molecule has 0 saturated carbocycles. The Hall–Kier alpha value is -1.81. The third-order valence-corrected chi connectivity index (χ3v) is 4.21. The number of amides is 1. The molecule has 1 amide bonds. The number of para-hydroxylation sites is 1. The number of likely N-dealkylation sites (N-methyl/N-ethyl adjacent to an activating group) is 1. The van der Waals surface area contributed by atoms with Crippen molar-refractivity contribution in [2.75, 3.05) is 20.1 Å². The van der Waals surface area contributed by atoms with Gasteiger partial charge in [0.25, 0.3) is 0 Å². The van der Waals surface area contributed by atoms with Crippen LogP contribution in [0.5, 0.6) is 0 Å². The number of aromatic amines is 1. The molecule has 1 aromatic heterocycles. The van der Waals surface area contributed by atoms with Crippen molar-refractivity contribution in [3.8, 4) is 0 Å². The molecule has 1 saturated heterocycles. The molecule has 2 N–H and O–H groups in total. The van der Waals surface area contributed by atoms with Crippen LogP contribution < -0.4 is 5.32 Å². The number of nitrogens with one attached hydrogen (secondary N) is 2. The molecule has 0 bridgehead atoms. The van der Waals surface area contributed by atoms with Gasteiger partial charge in [-0.3, -0.25) is 4.79 Å². The third-order valence-electron chi connectivity index (χ3n) is 4.21. The summed E-state index contributed by atoms with van der Waals surface area (Å²) in [6.07, 6.45) is 4.55. The van der Waals surface area contributed by atoms with Crippen LogP contribution in [0.15, 0.2) is 30.5 Å². The van der Waals surface area contributed by atoms with E-state index in [2.05, 4.69) is 34.7 Å². The Morgan fingerprint density at radius 2 is 2.15 bits per heavy atom. The molecule has 1 fully saturated rings. The van der Waals surface area contributed by atoms with Gasteiger partial charge in [-0.25, -0.2) is 0 Å². The Morgan fingerprint density at radius 1 is 1.35 bits per heavy atom. The maximum atomic E-state index is 12.1. The van der Waals surface area contributed by atoms with Gasteiger partial charge in [0, 0.05) is 43.7 Å². The number of hydrogen-bond donors (Lipinski definition) is 2. The standard InChI is InChI=1S/C16H21N3O/c1-19(13-10-17-11-13)16(20)8-4-5-12-9-18-15-7-3-2-6-14(12)15/h2-3,6-7,9,13,17-18H,4-5,8,10-11H2,1H3. The summed E-state index contributed by atoms with van der Waals surface area (Å²) in [7, 11) is 1.92. The van der Waals surface area contributed by atoms with Crippen LogP contribution in [-0.4, -0.2) is 42.0 Å². The average Bonchev–Trinajstić information content (AvgIpc) is 2.80. The molecule has 1 aromatic carbocycles. The zero-order valence-corrected chi connectivity index (χ0v) is 11.9. The second-order valence-electron chi connectivity index (χ2n) is 5.53. The van der Waals surface area contributed by atoms with Gasteiger partial charge >= 0.3 is 0 Å². The van der Waals surface area contributed by atoms with Crippen LogP contribution in [0, 0.1) is 0 Å². The molecule has 0 radical (unpaired) electrons. The number of carbonyl (C=O) groups is 1. The molecule has 2 heterocycles. The topological polar surface area (TPSA) is 48.1 Å². The molecule has 2 aromatic rings. The van der Waals surface area contributed by atoms with Crippen LogP contribution >= 0.6 is 0 Å². The zero-order valence-electron chi connectivity index (χ0n) is 11.9. The van der Waals surface area contributed by atoms with Crippen LogP contribution in [0.2, 0.25) is 0 Å². The van der Waals surface area contributed by atoms with E-state index in [9.17, 15) is 4.79 Å². The van der Waals surface area contributed by atoms with E-state index in [0.29, 0.717) is 12.5 Å². The van der Waals surface area contributed by atoms with Gasteiger partial charge in [-0.05, 0) is 24.5 Å². The number of fused-ring (bicyclic) bond motifs is 1. The fraction of sp³-hybridized carbons (Fsp3) is 0.438. The Kier molecular flexibility index (Phi) is 3.74. The first kappa shape index (κ1) is 13.2. The molecule has 0 aliphatic carbocycles. The predicted molar refractivity (Wildman–Crippen MR) is 80.7 cm³/mol. The van der Waals surface area contributed by atoms with Crippen molar-refractivity contribution in [3.63, 3.8) is 0 Å². The maximum Gasteiger partial charge on any atom is 0.222 e. The summed E-state index contributed by atoms with van der Waals surface area (Å²) in [4.78, 5) is 17.2. The van der Waals surface area contributed by atoms with E-state index in [1.165, 1.54) is 16.5 Å². The summed E-state index contributed by atoms with van der Waals surface area (Å²) in [5.41, 5.74) is 2.48. The second kappa shape index (κ2) is 5.67. The lowest BCUT2D eigenvalue weighted by Crippen LogP contribution is -2.57. The van der Waals surface area contributed by atoms with Gasteiger partial charge < -0.3 is 15.2 Å². The predicted octanol–water partition coefficient (Wildman–Crippen LogP) is 1.92. The van der Waals surface area contributed by atoms with E-state index in [0.717, 1.165) is 25.9 Å². The molecule has 4 heteroatoms. The largest absolute Gasteiger partial charge is 0.361 e. The number of nitrogens with zero attached hydrogens (tertiary/aromatic N) is 1. The van der Waals surface area contributed by atoms with Crippen molar-refractivity contribution in [2.45, 2.75) is 25.3 Å². The molecule has 20 heavy (non-hydrogen) atoms. The van der Waals surface area contributed by atoms with E-state index in [1.807, 2.05) is 18.0 Å². The normalized spacial score (nSPS) is 15.2. The molecule has 0 unspecified atom stereocenters. The molecule has 1 aliphatic rings. The average molecular weight is 271 g/mol. The monoisotopic (exact) mass is 271 g/mol. The van der Waals surface area contributed by atoms with Gasteiger partial charge in [-0.1, -0.05) is 18.2 Å². The minimum atomic E-state index is 0.261. The van der Waals surface area contributed by atoms with Gasteiger partial charge in [0.1, 0.15) is 0 Å². The summed E-state index contributed by atoms with van der Waals surface area (Å²) in [6.45, 7) is 1.87. The molecular formula is C16H21N3O. The summed E-state index contributed by atoms with van der Waals surface area (Å²) in [5, 5.41) is 4.47. The summed E-state index contributed by atoms with van der Waals surface area (Å²) in [5.74, 6) is 0.261. The maximum absolute atomic E-state index is 12.1. The number of carbonyl (C=O) groups excluding carboxylic acids is 1. The van der Waals surface area contributed by atoms with Crippen LogP contribution in [0.1, 0.15) is 18.4 Å². The Labute approximate surface area is 119 Å². The number of aromatic nitrogens is 1. The molecular weight excluding hydrogens is 250 g/mol. The molecule has 0 spiro atoms. The van der Waals surface area contributed by atoms with Gasteiger partial charge in [0.15, 0.2) is 0 Å². The van der Waals surface area contributed by atoms with E-state index in [-0.39, 0.29) is 5.91 Å². The number of aryl methyl sites for hydroxylation is 1. The lowest BCUT2D eigenvalue weighted by molar-refractivity contribution is -0.132. The molecule has 0 atom stereocenters. The van der Waals surface area contributed by atoms with Crippen molar-refractivity contribution in [3.05, 3.63) is 36.0 Å². The van der Waals surface area contributed by atoms with Crippen molar-refractivity contribution in [1.29, 1.82) is 0 Å². The van der Waals surface area contributed by atoms with Crippen LogP contribution in [0.4, 0.5) is 0 Å². The van der Waals surface area contributed by atoms with E-state index in [1.54, 1.807) is 0 Å². The number of rotatable bonds is 5. The fourth-order valence-electron chi connectivity index (χ4n) is 2.70. The molecule has 1 aliphatic heterocycles. The lowest BCUT2D eigenvalue weighted by atomic mass is 10.1. The fourth-order valence-corrected chi connectivity index (χ4v) is 2.70. The van der Waals surface area contributed by atoms with Gasteiger partial charge in [-0.2, -0.15) is 0 Å². The lowest BCUT2D eigenvalue weighted by Gasteiger charge is -2.35. The molecule has 106 valence electrons. The third kappa shape index (κ3) is 2.56. The number of H-pyrrole nitrogens is 1. The zero-order chi connectivity index (χ0) is 13.9. The smallest absolute Gasteiger partial charge is 0.222 e. The van der Waals surface area contributed by atoms with E-state index < -0.39 is 0 Å². The Bertz CT molecular complexity index is 601.